The Hall–Kier alpha value is -0.350. The Morgan fingerprint density at radius 1 is 1.24 bits per heavy atom. The monoisotopic (exact) mass is 500 g/mol. The summed E-state index contributed by atoms with van der Waals surface area (Å²) in [5.41, 5.74) is 6.62. The van der Waals surface area contributed by atoms with Gasteiger partial charge in [-0.3, -0.25) is 4.72 Å². The molecule has 0 aliphatic rings. The van der Waals surface area contributed by atoms with Crippen molar-refractivity contribution in [2.45, 2.75) is 11.4 Å². The Morgan fingerprint density at radius 3 is 2.57 bits per heavy atom. The molecular weight excluding hydrogens is 490 g/mol. The lowest BCUT2D eigenvalue weighted by Gasteiger charge is -2.12. The molecule has 0 fully saturated rings. The molecule has 21 heavy (non-hydrogen) atoms. The van der Waals surface area contributed by atoms with Gasteiger partial charge in [0, 0.05) is 14.6 Å². The smallest absolute Gasteiger partial charge is 0.263 e. The van der Waals surface area contributed by atoms with Crippen molar-refractivity contribution in [2.75, 3.05) is 4.72 Å². The average molecular weight is 502 g/mol. The maximum absolute atomic E-state index is 12.5. The number of halogens is 3. The Bertz CT molecular complexity index is 784. The summed E-state index contributed by atoms with van der Waals surface area (Å²) in [7, 11) is -3.75. The highest BCUT2D eigenvalue weighted by atomic mass is 127. The normalized spacial score (nSPS) is 11.4. The highest BCUT2D eigenvalue weighted by molar-refractivity contribution is 14.1. The van der Waals surface area contributed by atoms with Crippen molar-refractivity contribution in [1.82, 2.24) is 0 Å². The quantitative estimate of drug-likeness (QED) is 0.623. The number of hydrogen-bond acceptors (Lipinski definition) is 3. The molecule has 0 atom stereocenters. The average Bonchev–Trinajstić information content (AvgIpc) is 2.42. The lowest BCUT2D eigenvalue weighted by molar-refractivity contribution is 0.600. The van der Waals surface area contributed by atoms with Gasteiger partial charge in [0.05, 0.1) is 10.7 Å². The molecule has 3 N–H and O–H groups in total. The van der Waals surface area contributed by atoms with Crippen molar-refractivity contribution in [1.29, 1.82) is 0 Å². The van der Waals surface area contributed by atoms with Gasteiger partial charge in [0.15, 0.2) is 0 Å². The molecule has 8 heteroatoms. The molecule has 0 heterocycles. The zero-order chi connectivity index (χ0) is 15.6. The Kier molecular flexibility index (Phi) is 5.53. The first-order valence-corrected chi connectivity index (χ1v) is 9.53. The van der Waals surface area contributed by atoms with Gasteiger partial charge in [0.25, 0.3) is 10.0 Å². The fourth-order valence-corrected chi connectivity index (χ4v) is 4.71. The minimum absolute atomic E-state index is 0.125. The van der Waals surface area contributed by atoms with Gasteiger partial charge < -0.3 is 5.73 Å². The third-order valence-corrected chi connectivity index (χ3v) is 6.04. The second-order valence-electron chi connectivity index (χ2n) is 4.20. The summed E-state index contributed by atoms with van der Waals surface area (Å²) in [6.07, 6.45) is 0. The minimum Gasteiger partial charge on any atom is -0.326 e. The molecule has 0 saturated heterocycles. The van der Waals surface area contributed by atoms with E-state index >= 15 is 0 Å². The first kappa shape index (κ1) is 17.0. The number of nitrogens with one attached hydrogen (secondary N) is 1. The van der Waals surface area contributed by atoms with Crippen LogP contribution in [0.3, 0.4) is 0 Å². The van der Waals surface area contributed by atoms with E-state index in [0.29, 0.717) is 15.2 Å². The van der Waals surface area contributed by atoms with Crippen LogP contribution in [-0.2, 0) is 16.6 Å². The maximum atomic E-state index is 12.5. The molecule has 2 aromatic rings. The lowest BCUT2D eigenvalue weighted by atomic mass is 10.2. The van der Waals surface area contributed by atoms with E-state index in [1.54, 1.807) is 30.3 Å². The largest absolute Gasteiger partial charge is 0.326 e. The van der Waals surface area contributed by atoms with E-state index in [1.807, 2.05) is 0 Å². The SMILES string of the molecule is NCc1ccc(Br)c(S(=O)(=O)Nc2ccc(I)cc2Cl)c1. The standard InChI is InChI=1S/C13H11BrClIN2O2S/c14-10-3-1-8(7-17)5-13(10)21(19,20)18-12-4-2-9(16)6-11(12)15/h1-6,18H,7,17H2. The molecule has 0 saturated carbocycles. The van der Waals surface area contributed by atoms with Crippen LogP contribution in [0.2, 0.25) is 5.02 Å². The molecule has 2 aromatic carbocycles. The fourth-order valence-electron chi connectivity index (χ4n) is 1.65. The Labute approximate surface area is 150 Å². The number of anilines is 1. The number of rotatable bonds is 4. The molecule has 0 radical (unpaired) electrons. The summed E-state index contributed by atoms with van der Waals surface area (Å²) in [6.45, 7) is 0.264. The predicted molar refractivity (Wildman–Crippen MR) is 97.0 cm³/mol. The number of hydrogen-bond donors (Lipinski definition) is 2. The first-order valence-electron chi connectivity index (χ1n) is 5.80. The summed E-state index contributed by atoms with van der Waals surface area (Å²) in [5.74, 6) is 0. The summed E-state index contributed by atoms with van der Waals surface area (Å²) in [6, 6.07) is 10.0. The minimum atomic E-state index is -3.75. The number of benzene rings is 2. The molecule has 0 aliphatic carbocycles. The van der Waals surface area contributed by atoms with Gasteiger partial charge in [0.2, 0.25) is 0 Å². The lowest BCUT2D eigenvalue weighted by Crippen LogP contribution is -2.14. The molecule has 0 spiro atoms. The van der Waals surface area contributed by atoms with Gasteiger partial charge in [-0.05, 0) is 74.4 Å². The zero-order valence-corrected chi connectivity index (χ0v) is 15.9. The highest BCUT2D eigenvalue weighted by Gasteiger charge is 2.19. The van der Waals surface area contributed by atoms with Crippen molar-refractivity contribution < 1.29 is 8.42 Å². The van der Waals surface area contributed by atoms with Crippen LogP contribution in [0.15, 0.2) is 45.8 Å². The van der Waals surface area contributed by atoms with Gasteiger partial charge in [-0.25, -0.2) is 8.42 Å². The van der Waals surface area contributed by atoms with Crippen molar-refractivity contribution in [3.63, 3.8) is 0 Å². The van der Waals surface area contributed by atoms with Crippen LogP contribution in [0.4, 0.5) is 5.69 Å². The molecular formula is C13H11BrClIN2O2S. The predicted octanol–water partition coefficient (Wildman–Crippen LogP) is 3.97. The summed E-state index contributed by atoms with van der Waals surface area (Å²) < 4.78 is 28.8. The maximum Gasteiger partial charge on any atom is 0.263 e. The van der Waals surface area contributed by atoms with E-state index in [1.165, 1.54) is 6.07 Å². The summed E-state index contributed by atoms with van der Waals surface area (Å²) in [5, 5.41) is 0.344. The molecule has 0 unspecified atom stereocenters. The van der Waals surface area contributed by atoms with Crippen LogP contribution in [0, 0.1) is 3.57 Å². The molecule has 0 aromatic heterocycles. The van der Waals surface area contributed by atoms with Crippen LogP contribution >= 0.6 is 50.1 Å². The molecule has 0 amide bonds. The summed E-state index contributed by atoms with van der Waals surface area (Å²) >= 11 is 11.4. The fraction of sp³-hybridized carbons (Fsp3) is 0.0769. The van der Waals surface area contributed by atoms with E-state index < -0.39 is 10.0 Å². The van der Waals surface area contributed by atoms with Crippen molar-refractivity contribution in [3.8, 4) is 0 Å². The van der Waals surface area contributed by atoms with E-state index in [0.717, 1.165) is 9.13 Å². The van der Waals surface area contributed by atoms with Crippen LogP contribution in [0.5, 0.6) is 0 Å². The molecule has 2 rings (SSSR count). The highest BCUT2D eigenvalue weighted by Crippen LogP contribution is 2.29. The third kappa shape index (κ3) is 4.10. The van der Waals surface area contributed by atoms with Gasteiger partial charge in [-0.2, -0.15) is 0 Å². The van der Waals surface area contributed by atoms with Gasteiger partial charge in [-0.15, -0.1) is 0 Å². The molecule has 0 aliphatic heterocycles. The van der Waals surface area contributed by atoms with E-state index in [4.69, 9.17) is 17.3 Å². The van der Waals surface area contributed by atoms with Crippen LogP contribution in [-0.4, -0.2) is 8.42 Å². The third-order valence-electron chi connectivity index (χ3n) is 2.70. The molecule has 112 valence electrons. The van der Waals surface area contributed by atoms with E-state index in [2.05, 4.69) is 43.2 Å². The van der Waals surface area contributed by atoms with E-state index in [-0.39, 0.29) is 11.4 Å². The van der Waals surface area contributed by atoms with Crippen molar-refractivity contribution in [3.05, 3.63) is 55.0 Å². The van der Waals surface area contributed by atoms with Gasteiger partial charge in [-0.1, -0.05) is 17.7 Å². The van der Waals surface area contributed by atoms with Crippen molar-refractivity contribution >= 4 is 65.8 Å². The summed E-state index contributed by atoms with van der Waals surface area (Å²) in [4.78, 5) is 0.125. The van der Waals surface area contributed by atoms with Crippen LogP contribution in [0.25, 0.3) is 0 Å². The topological polar surface area (TPSA) is 72.2 Å². The van der Waals surface area contributed by atoms with Crippen molar-refractivity contribution in [2.24, 2.45) is 5.73 Å². The molecule has 4 nitrogen and oxygen atoms in total. The van der Waals surface area contributed by atoms with Crippen LogP contribution in [0.1, 0.15) is 5.56 Å². The van der Waals surface area contributed by atoms with Gasteiger partial charge >= 0.3 is 0 Å². The van der Waals surface area contributed by atoms with Gasteiger partial charge in [0.1, 0.15) is 4.90 Å². The zero-order valence-electron chi connectivity index (χ0n) is 10.6. The van der Waals surface area contributed by atoms with Crippen LogP contribution < -0.4 is 10.5 Å². The Morgan fingerprint density at radius 2 is 1.95 bits per heavy atom. The van der Waals surface area contributed by atoms with E-state index in [9.17, 15) is 8.42 Å². The second-order valence-corrected chi connectivity index (χ2v) is 8.36. The number of sulfonamides is 1. The Balaban J connectivity index is 2.43. The molecule has 0 bridgehead atoms. The second kappa shape index (κ2) is 6.82. The first-order chi connectivity index (χ1) is 9.83. The number of nitrogens with two attached hydrogens (primary N) is 1.